The van der Waals surface area contributed by atoms with Crippen molar-refractivity contribution in [2.75, 3.05) is 0 Å². The zero-order valence-corrected chi connectivity index (χ0v) is 13.4. The molecule has 0 heterocycles. The van der Waals surface area contributed by atoms with Crippen LogP contribution >= 0.6 is 0 Å². The van der Waals surface area contributed by atoms with E-state index in [9.17, 15) is 5.26 Å². The molecule has 20 heavy (non-hydrogen) atoms. The minimum absolute atomic E-state index is 0.254. The molecule has 0 atom stereocenters. The lowest BCUT2D eigenvalue weighted by atomic mass is 9.80. The fourth-order valence-corrected chi connectivity index (χ4v) is 2.80. The van der Waals surface area contributed by atoms with Gasteiger partial charge < -0.3 is 0 Å². The molecule has 0 radical (unpaired) electrons. The van der Waals surface area contributed by atoms with E-state index < -0.39 is 0 Å². The summed E-state index contributed by atoms with van der Waals surface area (Å²) in [6, 6.07) is 6.79. The van der Waals surface area contributed by atoms with E-state index in [4.69, 9.17) is 5.26 Å². The van der Waals surface area contributed by atoms with Crippen LogP contribution in [0.3, 0.4) is 0 Å². The summed E-state index contributed by atoms with van der Waals surface area (Å²) >= 11 is 0. The molecule has 0 fully saturated rings. The predicted molar refractivity (Wildman–Crippen MR) is 82.7 cm³/mol. The van der Waals surface area contributed by atoms with E-state index in [1.165, 1.54) is 5.56 Å². The molecule has 0 saturated heterocycles. The van der Waals surface area contributed by atoms with Crippen molar-refractivity contribution in [2.45, 2.75) is 65.7 Å². The highest BCUT2D eigenvalue weighted by Crippen LogP contribution is 2.35. The monoisotopic (exact) mass is 268 g/mol. The zero-order valence-electron chi connectivity index (χ0n) is 13.4. The number of nitrogens with zero attached hydrogens (tertiary/aromatic N) is 2. The van der Waals surface area contributed by atoms with Gasteiger partial charge in [-0.25, -0.2) is 0 Å². The van der Waals surface area contributed by atoms with Gasteiger partial charge in [0, 0.05) is 0 Å². The van der Waals surface area contributed by atoms with Crippen LogP contribution < -0.4 is 0 Å². The summed E-state index contributed by atoms with van der Waals surface area (Å²) in [4.78, 5) is 0. The highest BCUT2D eigenvalue weighted by atomic mass is 14.3. The summed E-state index contributed by atoms with van der Waals surface area (Å²) < 4.78 is 0. The molecule has 1 aromatic carbocycles. The number of rotatable bonds is 4. The molecular weight excluding hydrogens is 244 g/mol. The van der Waals surface area contributed by atoms with E-state index in [-0.39, 0.29) is 5.92 Å². The summed E-state index contributed by atoms with van der Waals surface area (Å²) in [6.07, 6.45) is 0.383. The first-order valence-corrected chi connectivity index (χ1v) is 7.31. The number of benzene rings is 1. The van der Waals surface area contributed by atoms with Crippen molar-refractivity contribution < 1.29 is 0 Å². The van der Waals surface area contributed by atoms with Crippen molar-refractivity contribution in [1.82, 2.24) is 0 Å². The lowest BCUT2D eigenvalue weighted by molar-refractivity contribution is 0.781. The Morgan fingerprint density at radius 1 is 0.900 bits per heavy atom. The van der Waals surface area contributed by atoms with Crippen LogP contribution in [0.4, 0.5) is 0 Å². The average molecular weight is 268 g/mol. The summed E-state index contributed by atoms with van der Waals surface area (Å²) in [5.41, 5.74) is 5.26. The van der Waals surface area contributed by atoms with Gasteiger partial charge in [0.15, 0.2) is 0 Å². The molecule has 0 aliphatic heterocycles. The smallest absolute Gasteiger partial charge is 0.0997 e. The molecular formula is C18H24N2. The second kappa shape index (κ2) is 6.58. The number of nitriles is 2. The Bertz CT molecular complexity index is 567. The fourth-order valence-electron chi connectivity index (χ4n) is 2.80. The molecule has 0 amide bonds. The quantitative estimate of drug-likeness (QED) is 0.772. The van der Waals surface area contributed by atoms with E-state index >= 15 is 0 Å². The maximum absolute atomic E-state index is 9.59. The maximum Gasteiger partial charge on any atom is 0.0997 e. The first kappa shape index (κ1) is 16.3. The van der Waals surface area contributed by atoms with Gasteiger partial charge in [-0.15, -0.1) is 0 Å². The second-order valence-corrected chi connectivity index (χ2v) is 6.23. The predicted octanol–water partition coefficient (Wildman–Crippen LogP) is 4.99. The topological polar surface area (TPSA) is 47.6 Å². The van der Waals surface area contributed by atoms with Crippen molar-refractivity contribution in [3.05, 3.63) is 33.9 Å². The molecule has 0 bridgehead atoms. The molecule has 0 spiro atoms. The van der Waals surface area contributed by atoms with Crippen LogP contribution in [0.2, 0.25) is 0 Å². The van der Waals surface area contributed by atoms with Gasteiger partial charge in [-0.1, -0.05) is 47.6 Å². The Balaban J connectivity index is 3.82. The molecule has 0 N–H and O–H groups in total. The third kappa shape index (κ3) is 3.02. The molecule has 0 aliphatic rings. The molecule has 106 valence electrons. The molecule has 2 nitrogen and oxygen atoms in total. The van der Waals surface area contributed by atoms with Crippen LogP contribution in [-0.4, -0.2) is 0 Å². The molecule has 0 aromatic heterocycles. The first-order chi connectivity index (χ1) is 9.34. The van der Waals surface area contributed by atoms with Crippen LogP contribution in [0.15, 0.2) is 6.07 Å². The van der Waals surface area contributed by atoms with E-state index in [1.54, 1.807) is 0 Å². The van der Waals surface area contributed by atoms with Gasteiger partial charge in [0.25, 0.3) is 0 Å². The Labute approximate surface area is 123 Å². The van der Waals surface area contributed by atoms with Crippen LogP contribution in [-0.2, 0) is 6.42 Å². The third-order valence-corrected chi connectivity index (χ3v) is 3.73. The van der Waals surface area contributed by atoms with E-state index in [2.05, 4.69) is 59.7 Å². The van der Waals surface area contributed by atoms with Gasteiger partial charge in [-0.05, 0) is 40.0 Å². The first-order valence-electron chi connectivity index (χ1n) is 7.31. The van der Waals surface area contributed by atoms with Gasteiger partial charge >= 0.3 is 0 Å². The lowest BCUT2D eigenvalue weighted by Crippen LogP contribution is -2.10. The molecule has 0 aliphatic carbocycles. The van der Waals surface area contributed by atoms with E-state index in [1.807, 2.05) is 0 Å². The van der Waals surface area contributed by atoms with Crippen molar-refractivity contribution in [1.29, 1.82) is 10.5 Å². The fraction of sp³-hybridized carbons (Fsp3) is 0.556. The number of hydrogen-bond acceptors (Lipinski definition) is 2. The van der Waals surface area contributed by atoms with E-state index in [0.29, 0.717) is 18.3 Å². The molecule has 0 unspecified atom stereocenters. The molecule has 1 rings (SSSR count). The van der Waals surface area contributed by atoms with Crippen LogP contribution in [0, 0.1) is 22.7 Å². The largest absolute Gasteiger partial charge is 0.198 e. The lowest BCUT2D eigenvalue weighted by Gasteiger charge is -2.23. The zero-order chi connectivity index (χ0) is 15.4. The maximum atomic E-state index is 9.59. The highest BCUT2D eigenvalue weighted by molar-refractivity contribution is 5.55. The van der Waals surface area contributed by atoms with Crippen LogP contribution in [0.25, 0.3) is 0 Å². The Morgan fingerprint density at radius 2 is 1.45 bits per heavy atom. The molecule has 1 aromatic rings. The van der Waals surface area contributed by atoms with Gasteiger partial charge in [-0.3, -0.25) is 0 Å². The van der Waals surface area contributed by atoms with Gasteiger partial charge in [-0.2, -0.15) is 10.5 Å². The van der Waals surface area contributed by atoms with Gasteiger partial charge in [0.2, 0.25) is 0 Å². The minimum atomic E-state index is 0.254. The van der Waals surface area contributed by atoms with Crippen molar-refractivity contribution in [3.8, 4) is 12.1 Å². The molecule has 2 heteroatoms. The Morgan fingerprint density at radius 3 is 1.80 bits per heavy atom. The average Bonchev–Trinajstić information content (AvgIpc) is 2.36. The van der Waals surface area contributed by atoms with Crippen LogP contribution in [0.1, 0.15) is 87.1 Å². The highest BCUT2D eigenvalue weighted by Gasteiger charge is 2.22. The summed E-state index contributed by atoms with van der Waals surface area (Å²) in [5, 5.41) is 18.7. The SMILES string of the molecule is CC(C)c1cc(C(C)C)c(CC#N)c(C(C)C)c1C#N. The van der Waals surface area contributed by atoms with Gasteiger partial charge in [0.1, 0.15) is 0 Å². The Kier molecular flexibility index (Phi) is 5.34. The van der Waals surface area contributed by atoms with E-state index in [0.717, 1.165) is 22.3 Å². The van der Waals surface area contributed by atoms with Crippen molar-refractivity contribution in [3.63, 3.8) is 0 Å². The second-order valence-electron chi connectivity index (χ2n) is 6.23. The summed E-state index contributed by atoms with van der Waals surface area (Å²) in [6.45, 7) is 12.7. The minimum Gasteiger partial charge on any atom is -0.198 e. The Hall–Kier alpha value is -1.80. The normalized spacial score (nSPS) is 10.9. The van der Waals surface area contributed by atoms with Crippen molar-refractivity contribution in [2.24, 2.45) is 0 Å². The standard InChI is InChI=1S/C18H24N2/c1-11(2)15-9-16(12(3)4)17(10-20)18(13(5)6)14(15)7-8-19/h9,11-13H,7H2,1-6H3. The van der Waals surface area contributed by atoms with Crippen molar-refractivity contribution >= 4 is 0 Å². The number of hydrogen-bond donors (Lipinski definition) is 0. The third-order valence-electron chi connectivity index (χ3n) is 3.73. The summed E-state index contributed by atoms with van der Waals surface area (Å²) in [5.74, 6) is 0.932. The summed E-state index contributed by atoms with van der Waals surface area (Å²) in [7, 11) is 0. The molecule has 0 saturated carbocycles. The van der Waals surface area contributed by atoms with Crippen LogP contribution in [0.5, 0.6) is 0 Å². The van der Waals surface area contributed by atoms with Gasteiger partial charge in [0.05, 0.1) is 24.1 Å².